The number of aliphatic imine (C=N–C) groups is 1. The Balaban J connectivity index is 1.72. The first-order chi connectivity index (χ1) is 21.7. The van der Waals surface area contributed by atoms with Gasteiger partial charge in [-0.1, -0.05) is 43.4 Å². The lowest BCUT2D eigenvalue weighted by molar-refractivity contribution is -0.139. The predicted molar refractivity (Wildman–Crippen MR) is 164 cm³/mol. The summed E-state index contributed by atoms with van der Waals surface area (Å²) in [7, 11) is 0. The fourth-order valence-electron chi connectivity index (χ4n) is 6.01. The van der Waals surface area contributed by atoms with Crippen LogP contribution in [-0.4, -0.2) is 84.7 Å². The van der Waals surface area contributed by atoms with Gasteiger partial charge in [-0.3, -0.25) is 28.8 Å². The van der Waals surface area contributed by atoms with Crippen molar-refractivity contribution in [1.82, 2.24) is 25.2 Å². The Labute approximate surface area is 265 Å². The third-order valence-corrected chi connectivity index (χ3v) is 8.47. The van der Waals surface area contributed by atoms with Crippen molar-refractivity contribution in [1.29, 1.82) is 0 Å². The van der Waals surface area contributed by atoms with Crippen LogP contribution in [-0.2, 0) is 24.8 Å². The maximum atomic E-state index is 14.4. The number of aliphatic hydroxyl groups is 1. The third-order valence-electron chi connectivity index (χ3n) is 8.47. The van der Waals surface area contributed by atoms with E-state index >= 15 is 0 Å². The predicted octanol–water partition coefficient (Wildman–Crippen LogP) is 0.557. The van der Waals surface area contributed by atoms with E-state index in [1.54, 1.807) is 13.8 Å². The highest BCUT2D eigenvalue weighted by Crippen LogP contribution is 2.33. The number of rotatable bonds is 11. The molecule has 1 saturated heterocycles. The maximum Gasteiger partial charge on any atom is 0.287 e. The lowest BCUT2D eigenvalue weighted by Crippen LogP contribution is -2.52. The summed E-state index contributed by atoms with van der Waals surface area (Å²) >= 11 is 0. The standard InChI is InChI=1S/C31H40N8O7/c1-17(25(40)27(33)42)35-29(44)23-14-21(39-24(15-34-37-39)31(2,3)46)16-38(23)30(45)22(12-18-8-5-4-6-9-18)36-28(43)20-11-7-10-19(13-20)26(32)41/h7,10-11,13,15,17-18,21,23,46H,4-6,8-9,12,14,16H2,1-3H3,(H2,32,41)(H2,33,42)(H,35,44)/b36-22+/t17?,21-,23-/m0/s1. The van der Waals surface area contributed by atoms with Gasteiger partial charge in [0.25, 0.3) is 17.7 Å². The summed E-state index contributed by atoms with van der Waals surface area (Å²) in [5, 5.41) is 21.2. The number of hydrogen-bond donors (Lipinski definition) is 4. The molecule has 2 heterocycles. The van der Waals surface area contributed by atoms with Gasteiger partial charge in [-0.25, -0.2) is 9.67 Å². The molecule has 15 heteroatoms. The number of hydrogen-bond acceptors (Lipinski definition) is 9. The van der Waals surface area contributed by atoms with Crippen LogP contribution in [0.4, 0.5) is 0 Å². The Morgan fingerprint density at radius 2 is 1.76 bits per heavy atom. The Morgan fingerprint density at radius 1 is 1.09 bits per heavy atom. The van der Waals surface area contributed by atoms with Crippen LogP contribution >= 0.6 is 0 Å². The van der Waals surface area contributed by atoms with Crippen LogP contribution in [0.3, 0.4) is 0 Å². The number of likely N-dealkylation sites (tertiary alicyclic amines) is 1. The van der Waals surface area contributed by atoms with Crippen molar-refractivity contribution < 1.29 is 33.9 Å². The van der Waals surface area contributed by atoms with Gasteiger partial charge in [-0.2, -0.15) is 0 Å². The van der Waals surface area contributed by atoms with Crippen LogP contribution < -0.4 is 16.8 Å². The number of nitrogens with two attached hydrogens (primary N) is 2. The fourth-order valence-corrected chi connectivity index (χ4v) is 6.01. The van der Waals surface area contributed by atoms with Crippen molar-refractivity contribution in [3.05, 3.63) is 47.3 Å². The topological polar surface area (TPSA) is 233 Å². The van der Waals surface area contributed by atoms with Crippen LogP contribution in [0.1, 0.15) is 98.2 Å². The summed E-state index contributed by atoms with van der Waals surface area (Å²) in [5.41, 5.74) is 9.62. The van der Waals surface area contributed by atoms with Gasteiger partial charge in [0.15, 0.2) is 0 Å². The van der Waals surface area contributed by atoms with Gasteiger partial charge in [0.1, 0.15) is 17.4 Å². The van der Waals surface area contributed by atoms with Gasteiger partial charge in [0.05, 0.1) is 24.0 Å². The molecule has 46 heavy (non-hydrogen) atoms. The highest BCUT2D eigenvalue weighted by atomic mass is 16.3. The summed E-state index contributed by atoms with van der Waals surface area (Å²) < 4.78 is 1.45. The van der Waals surface area contributed by atoms with Crippen molar-refractivity contribution >= 4 is 41.0 Å². The summed E-state index contributed by atoms with van der Waals surface area (Å²) in [4.78, 5) is 82.2. The molecule has 2 fully saturated rings. The molecule has 6 N–H and O–H groups in total. The lowest BCUT2D eigenvalue weighted by atomic mass is 9.85. The molecule has 1 saturated carbocycles. The zero-order valence-corrected chi connectivity index (χ0v) is 26.1. The molecule has 1 unspecified atom stereocenters. The van der Waals surface area contributed by atoms with E-state index in [0.717, 1.165) is 32.1 Å². The minimum absolute atomic E-state index is 0.0206. The van der Waals surface area contributed by atoms with E-state index < -0.39 is 59.0 Å². The van der Waals surface area contributed by atoms with Gasteiger partial charge in [-0.05, 0) is 51.3 Å². The Kier molecular flexibility index (Phi) is 10.5. The summed E-state index contributed by atoms with van der Waals surface area (Å²) in [5.74, 6) is -5.01. The first-order valence-corrected chi connectivity index (χ1v) is 15.3. The average Bonchev–Trinajstić information content (AvgIpc) is 3.69. The van der Waals surface area contributed by atoms with Crippen LogP contribution in [0.5, 0.6) is 0 Å². The highest BCUT2D eigenvalue weighted by molar-refractivity contribution is 6.41. The lowest BCUT2D eigenvalue weighted by Gasteiger charge is -2.27. The molecule has 15 nitrogen and oxygen atoms in total. The number of amides is 5. The fraction of sp³-hybridized carbons (Fsp3) is 0.516. The zero-order chi connectivity index (χ0) is 33.8. The van der Waals surface area contributed by atoms with Gasteiger partial charge in [-0.15, -0.1) is 5.10 Å². The van der Waals surface area contributed by atoms with Crippen molar-refractivity contribution in [2.75, 3.05) is 6.54 Å². The van der Waals surface area contributed by atoms with Crippen molar-refractivity contribution in [2.24, 2.45) is 22.4 Å². The molecule has 0 spiro atoms. The minimum atomic E-state index is -1.35. The van der Waals surface area contributed by atoms with Crippen molar-refractivity contribution in [3.8, 4) is 0 Å². The Morgan fingerprint density at radius 3 is 2.39 bits per heavy atom. The second kappa shape index (κ2) is 14.1. The quantitative estimate of drug-likeness (QED) is 0.199. The highest BCUT2D eigenvalue weighted by Gasteiger charge is 2.44. The molecule has 0 bridgehead atoms. The summed E-state index contributed by atoms with van der Waals surface area (Å²) in [6.45, 7) is 4.35. The SMILES string of the molecule is CC(NC(=O)[C@@H]1C[C@H](n2nncc2C(C)(C)O)CN1C(=O)/C(CC1CCCCC1)=N/C(=O)c1cccc(C(N)=O)c1)C(=O)C(N)=O. The normalized spacial score (nSPS) is 19.8. The number of ketones is 1. The molecule has 1 aliphatic carbocycles. The monoisotopic (exact) mass is 636 g/mol. The second-order valence-corrected chi connectivity index (χ2v) is 12.5. The number of aromatic nitrogens is 3. The molecule has 1 aromatic carbocycles. The molecule has 0 radical (unpaired) electrons. The smallest absolute Gasteiger partial charge is 0.287 e. The molecule has 2 aliphatic rings. The molecule has 2 aromatic rings. The van der Waals surface area contributed by atoms with Gasteiger partial charge >= 0.3 is 0 Å². The molecule has 4 rings (SSSR count). The molecule has 1 aromatic heterocycles. The van der Waals surface area contributed by atoms with Crippen molar-refractivity contribution in [3.63, 3.8) is 0 Å². The van der Waals surface area contributed by atoms with Crippen LogP contribution in [0.25, 0.3) is 0 Å². The molecule has 5 amide bonds. The summed E-state index contributed by atoms with van der Waals surface area (Å²) in [6.07, 6.45) is 6.27. The summed E-state index contributed by atoms with van der Waals surface area (Å²) in [6, 6.07) is 2.68. The zero-order valence-electron chi connectivity index (χ0n) is 26.1. The third kappa shape index (κ3) is 7.88. The van der Waals surface area contributed by atoms with E-state index in [4.69, 9.17) is 11.5 Å². The molecule has 246 valence electrons. The van der Waals surface area contributed by atoms with E-state index in [0.29, 0.717) is 5.69 Å². The largest absolute Gasteiger partial charge is 0.384 e. The second-order valence-electron chi connectivity index (χ2n) is 12.5. The first kappa shape index (κ1) is 34.1. The molecular formula is C31H40N8O7. The number of carbonyl (C=O) groups is 6. The van der Waals surface area contributed by atoms with E-state index in [1.807, 2.05) is 0 Å². The number of nitrogens with one attached hydrogen (secondary N) is 1. The van der Waals surface area contributed by atoms with E-state index in [-0.39, 0.29) is 42.1 Å². The number of Topliss-reactive ketones (excluding diaryl/α,β-unsaturated/α-hetero) is 1. The number of nitrogens with zero attached hydrogens (tertiary/aromatic N) is 5. The number of primary amides is 2. The van der Waals surface area contributed by atoms with E-state index in [1.165, 1.54) is 47.0 Å². The minimum Gasteiger partial charge on any atom is -0.384 e. The Hall–Kier alpha value is -4.79. The van der Waals surface area contributed by atoms with E-state index in [9.17, 15) is 33.9 Å². The van der Waals surface area contributed by atoms with Gasteiger partial charge in [0, 0.05) is 24.1 Å². The molecular weight excluding hydrogens is 596 g/mol. The van der Waals surface area contributed by atoms with E-state index in [2.05, 4.69) is 20.6 Å². The van der Waals surface area contributed by atoms with Crippen molar-refractivity contribution in [2.45, 2.75) is 89.4 Å². The van der Waals surface area contributed by atoms with Gasteiger partial charge < -0.3 is 26.8 Å². The number of carbonyl (C=O) groups excluding carboxylic acids is 6. The molecule has 3 atom stereocenters. The number of benzene rings is 1. The van der Waals surface area contributed by atoms with Crippen LogP contribution in [0, 0.1) is 5.92 Å². The average molecular weight is 637 g/mol. The maximum absolute atomic E-state index is 14.4. The Bertz CT molecular complexity index is 1550. The molecule has 1 aliphatic heterocycles. The van der Waals surface area contributed by atoms with Crippen LogP contribution in [0.15, 0.2) is 35.5 Å². The van der Waals surface area contributed by atoms with Crippen LogP contribution in [0.2, 0.25) is 0 Å². The van der Waals surface area contributed by atoms with Gasteiger partial charge in [0.2, 0.25) is 17.6 Å². The first-order valence-electron chi connectivity index (χ1n) is 15.3.